The first-order chi connectivity index (χ1) is 11.5. The van der Waals surface area contributed by atoms with E-state index in [-0.39, 0.29) is 11.7 Å². The van der Waals surface area contributed by atoms with E-state index in [0.717, 1.165) is 31.8 Å². The minimum atomic E-state index is -0.312. The second kappa shape index (κ2) is 6.68. The standard InChI is InChI=1S/C17H22FN5O/c1-10-8-13(9-11(2)14(10)18)16(24)21-17-20-15(22-23(17)3)12-4-6-19-7-5-12/h8-9,12,19H,4-7H2,1-3H3,(H,20,21,22,24). The third kappa shape index (κ3) is 3.31. The van der Waals surface area contributed by atoms with Crippen LogP contribution in [-0.4, -0.2) is 33.8 Å². The minimum absolute atomic E-state index is 0.279. The number of carbonyl (C=O) groups excluding carboxylic acids is 1. The number of amides is 1. The van der Waals surface area contributed by atoms with Gasteiger partial charge in [-0.3, -0.25) is 10.1 Å². The molecule has 1 aliphatic heterocycles. The molecule has 2 heterocycles. The Morgan fingerprint density at radius 2 is 1.92 bits per heavy atom. The van der Waals surface area contributed by atoms with E-state index >= 15 is 0 Å². The molecule has 1 aromatic heterocycles. The first-order valence-corrected chi connectivity index (χ1v) is 8.15. The Kier molecular flexibility index (Phi) is 4.62. The minimum Gasteiger partial charge on any atom is -0.317 e. The van der Waals surface area contributed by atoms with Crippen molar-refractivity contribution in [2.75, 3.05) is 18.4 Å². The normalized spacial score (nSPS) is 15.5. The third-order valence-corrected chi connectivity index (χ3v) is 4.41. The Morgan fingerprint density at radius 3 is 2.54 bits per heavy atom. The molecular weight excluding hydrogens is 309 g/mol. The summed E-state index contributed by atoms with van der Waals surface area (Å²) >= 11 is 0. The molecule has 0 radical (unpaired) electrons. The molecule has 24 heavy (non-hydrogen) atoms. The number of nitrogens with zero attached hydrogens (tertiary/aromatic N) is 3. The Bertz CT molecular complexity index is 741. The molecule has 1 fully saturated rings. The average molecular weight is 331 g/mol. The lowest BCUT2D eigenvalue weighted by Crippen LogP contribution is -2.27. The molecule has 0 atom stereocenters. The van der Waals surface area contributed by atoms with Crippen LogP contribution in [0.5, 0.6) is 0 Å². The third-order valence-electron chi connectivity index (χ3n) is 4.41. The zero-order valence-electron chi connectivity index (χ0n) is 14.2. The average Bonchev–Trinajstić information content (AvgIpc) is 2.93. The molecule has 7 heteroatoms. The second-order valence-electron chi connectivity index (χ2n) is 6.32. The molecule has 6 nitrogen and oxygen atoms in total. The first-order valence-electron chi connectivity index (χ1n) is 8.15. The summed E-state index contributed by atoms with van der Waals surface area (Å²) in [6.45, 7) is 5.21. The molecule has 0 saturated carbocycles. The van der Waals surface area contributed by atoms with E-state index in [2.05, 4.69) is 20.7 Å². The van der Waals surface area contributed by atoms with Gasteiger partial charge in [-0.25, -0.2) is 9.07 Å². The van der Waals surface area contributed by atoms with Crippen molar-refractivity contribution in [2.24, 2.45) is 7.05 Å². The van der Waals surface area contributed by atoms with Crippen molar-refractivity contribution in [1.29, 1.82) is 0 Å². The summed E-state index contributed by atoms with van der Waals surface area (Å²) < 4.78 is 15.3. The smallest absolute Gasteiger partial charge is 0.258 e. The summed E-state index contributed by atoms with van der Waals surface area (Å²) in [6, 6.07) is 3.09. The van der Waals surface area contributed by atoms with Gasteiger partial charge in [0, 0.05) is 18.5 Å². The van der Waals surface area contributed by atoms with Gasteiger partial charge in [0.05, 0.1) is 0 Å². The van der Waals surface area contributed by atoms with E-state index in [1.165, 1.54) is 0 Å². The number of rotatable bonds is 3. The van der Waals surface area contributed by atoms with Gasteiger partial charge in [0.15, 0.2) is 5.82 Å². The van der Waals surface area contributed by atoms with E-state index < -0.39 is 0 Å². The molecule has 0 spiro atoms. The van der Waals surface area contributed by atoms with E-state index in [9.17, 15) is 9.18 Å². The van der Waals surface area contributed by atoms with Crippen molar-refractivity contribution in [1.82, 2.24) is 20.1 Å². The number of hydrogen-bond donors (Lipinski definition) is 2. The summed E-state index contributed by atoms with van der Waals surface area (Å²) in [5, 5.41) is 10.5. The van der Waals surface area contributed by atoms with Gasteiger partial charge in [-0.1, -0.05) is 0 Å². The number of aromatic nitrogens is 3. The summed E-state index contributed by atoms with van der Waals surface area (Å²) in [5.74, 6) is 0.902. The van der Waals surface area contributed by atoms with Crippen LogP contribution in [0.15, 0.2) is 12.1 Å². The van der Waals surface area contributed by atoms with Crippen molar-refractivity contribution in [3.63, 3.8) is 0 Å². The quantitative estimate of drug-likeness (QED) is 0.905. The lowest BCUT2D eigenvalue weighted by Gasteiger charge is -2.19. The predicted octanol–water partition coefficient (Wildman–Crippen LogP) is 2.29. The monoisotopic (exact) mass is 331 g/mol. The summed E-state index contributed by atoms with van der Waals surface area (Å²) in [5.41, 5.74) is 1.32. The van der Waals surface area contributed by atoms with Crippen molar-refractivity contribution in [3.05, 3.63) is 40.5 Å². The van der Waals surface area contributed by atoms with Crippen molar-refractivity contribution in [3.8, 4) is 0 Å². The molecule has 1 aliphatic rings. The van der Waals surface area contributed by atoms with Crippen LogP contribution < -0.4 is 10.6 Å². The number of benzene rings is 1. The van der Waals surface area contributed by atoms with Gasteiger partial charge in [0.2, 0.25) is 5.95 Å². The maximum Gasteiger partial charge on any atom is 0.258 e. The highest BCUT2D eigenvalue weighted by atomic mass is 19.1. The van der Waals surface area contributed by atoms with E-state index in [0.29, 0.717) is 28.6 Å². The van der Waals surface area contributed by atoms with Crippen molar-refractivity contribution < 1.29 is 9.18 Å². The van der Waals surface area contributed by atoms with Crippen LogP contribution in [0.4, 0.5) is 10.3 Å². The molecule has 0 aliphatic carbocycles. The Morgan fingerprint density at radius 1 is 1.29 bits per heavy atom. The van der Waals surface area contributed by atoms with Gasteiger partial charge >= 0.3 is 0 Å². The number of aryl methyl sites for hydroxylation is 3. The fraction of sp³-hybridized carbons (Fsp3) is 0.471. The molecule has 1 amide bonds. The zero-order valence-corrected chi connectivity index (χ0v) is 14.2. The Labute approximate surface area is 140 Å². The van der Waals surface area contributed by atoms with Gasteiger partial charge in [0.1, 0.15) is 5.82 Å². The van der Waals surface area contributed by atoms with Crippen molar-refractivity contribution in [2.45, 2.75) is 32.6 Å². The highest BCUT2D eigenvalue weighted by Crippen LogP contribution is 2.23. The number of piperidine rings is 1. The lowest BCUT2D eigenvalue weighted by molar-refractivity contribution is 0.102. The number of nitrogens with one attached hydrogen (secondary N) is 2. The van der Waals surface area contributed by atoms with E-state index in [4.69, 9.17) is 0 Å². The topological polar surface area (TPSA) is 71.8 Å². The molecule has 1 saturated heterocycles. The highest BCUT2D eigenvalue weighted by molar-refractivity contribution is 6.03. The SMILES string of the molecule is Cc1cc(C(=O)Nc2nc(C3CCNCC3)nn2C)cc(C)c1F. The van der Waals surface area contributed by atoms with E-state index in [1.807, 2.05) is 0 Å². The summed E-state index contributed by atoms with van der Waals surface area (Å²) in [4.78, 5) is 16.9. The Hall–Kier alpha value is -2.28. The molecule has 3 rings (SSSR count). The summed E-state index contributed by atoms with van der Waals surface area (Å²) in [7, 11) is 1.76. The van der Waals surface area contributed by atoms with Gasteiger partial charge in [-0.05, 0) is 63.0 Å². The molecular formula is C17H22FN5O. The van der Waals surface area contributed by atoms with Gasteiger partial charge < -0.3 is 5.32 Å². The summed E-state index contributed by atoms with van der Waals surface area (Å²) in [6.07, 6.45) is 1.99. The molecule has 0 unspecified atom stereocenters. The predicted molar refractivity (Wildman–Crippen MR) is 89.7 cm³/mol. The number of anilines is 1. The maximum atomic E-state index is 13.7. The number of halogens is 1. The van der Waals surface area contributed by atoms with Crippen LogP contribution in [0.1, 0.15) is 46.1 Å². The fourth-order valence-electron chi connectivity index (χ4n) is 3.02. The van der Waals surface area contributed by atoms with Crippen LogP contribution in [0.25, 0.3) is 0 Å². The number of hydrogen-bond acceptors (Lipinski definition) is 4. The van der Waals surface area contributed by atoms with Crippen molar-refractivity contribution >= 4 is 11.9 Å². The zero-order chi connectivity index (χ0) is 17.3. The molecule has 2 aromatic rings. The largest absolute Gasteiger partial charge is 0.317 e. The second-order valence-corrected chi connectivity index (χ2v) is 6.32. The molecule has 0 bridgehead atoms. The molecule has 128 valence electrons. The van der Waals surface area contributed by atoms with Crippen LogP contribution in [0, 0.1) is 19.7 Å². The van der Waals surface area contributed by atoms with E-state index in [1.54, 1.807) is 37.7 Å². The first kappa shape index (κ1) is 16.6. The fourth-order valence-corrected chi connectivity index (χ4v) is 3.02. The molecule has 2 N–H and O–H groups in total. The van der Waals surface area contributed by atoms with Gasteiger partial charge in [0.25, 0.3) is 5.91 Å². The lowest BCUT2D eigenvalue weighted by atomic mass is 9.98. The van der Waals surface area contributed by atoms with Crippen LogP contribution >= 0.6 is 0 Å². The Balaban J connectivity index is 1.78. The van der Waals surface area contributed by atoms with Crippen LogP contribution in [0.3, 0.4) is 0 Å². The maximum absolute atomic E-state index is 13.7. The van der Waals surface area contributed by atoms with Gasteiger partial charge in [-0.15, -0.1) is 0 Å². The van der Waals surface area contributed by atoms with Gasteiger partial charge in [-0.2, -0.15) is 10.1 Å². The van der Waals surface area contributed by atoms with Crippen LogP contribution in [0.2, 0.25) is 0 Å². The number of carbonyl (C=O) groups is 1. The molecule has 1 aromatic carbocycles. The highest BCUT2D eigenvalue weighted by Gasteiger charge is 2.21. The van der Waals surface area contributed by atoms with Crippen LogP contribution in [-0.2, 0) is 7.05 Å².